The molecule has 0 unspecified atom stereocenters. The normalized spacial score (nSPS) is 10.2. The number of benzene rings is 2. The number of amides is 2. The van der Waals surface area contributed by atoms with Crippen molar-refractivity contribution in [3.63, 3.8) is 0 Å². The van der Waals surface area contributed by atoms with Crippen molar-refractivity contribution in [2.24, 2.45) is 0 Å². The van der Waals surface area contributed by atoms with E-state index < -0.39 is 30.2 Å². The number of carbonyl (C=O) groups excluding carboxylic acids is 3. The van der Waals surface area contributed by atoms with Crippen LogP contribution in [-0.4, -0.2) is 42.9 Å². The molecule has 0 aromatic heterocycles. The Kier molecular flexibility index (Phi) is 7.05. The van der Waals surface area contributed by atoms with Crippen LogP contribution in [0.1, 0.15) is 11.1 Å². The Morgan fingerprint density at radius 2 is 1.74 bits per heavy atom. The lowest BCUT2D eigenvalue weighted by molar-refractivity contribution is -0.151. The molecular weight excluding hydrogens is 351 g/mol. The molecule has 0 spiro atoms. The van der Waals surface area contributed by atoms with Crippen molar-refractivity contribution in [2.45, 2.75) is 13.3 Å². The third-order valence-corrected chi connectivity index (χ3v) is 3.89. The summed E-state index contributed by atoms with van der Waals surface area (Å²) < 4.78 is 17.8. The summed E-state index contributed by atoms with van der Waals surface area (Å²) in [5.74, 6) is -1.86. The lowest BCUT2D eigenvalue weighted by Crippen LogP contribution is -2.37. The number of ether oxygens (including phenoxy) is 1. The van der Waals surface area contributed by atoms with E-state index in [2.05, 4.69) is 5.32 Å². The zero-order valence-corrected chi connectivity index (χ0v) is 15.2. The molecule has 0 aliphatic heterocycles. The van der Waals surface area contributed by atoms with Crippen molar-refractivity contribution in [1.82, 2.24) is 4.90 Å². The summed E-state index contributed by atoms with van der Waals surface area (Å²) in [5.41, 5.74) is 2.23. The molecule has 0 saturated carbocycles. The van der Waals surface area contributed by atoms with Crippen LogP contribution in [-0.2, 0) is 25.5 Å². The fourth-order valence-electron chi connectivity index (χ4n) is 2.30. The average Bonchev–Trinajstić information content (AvgIpc) is 2.63. The molecule has 7 heteroatoms. The number of rotatable bonds is 7. The van der Waals surface area contributed by atoms with E-state index in [9.17, 15) is 18.8 Å². The summed E-state index contributed by atoms with van der Waals surface area (Å²) in [5, 5.41) is 2.55. The van der Waals surface area contributed by atoms with Crippen LogP contribution < -0.4 is 5.32 Å². The van der Waals surface area contributed by atoms with Crippen LogP contribution in [0.3, 0.4) is 0 Å². The summed E-state index contributed by atoms with van der Waals surface area (Å²) >= 11 is 0. The average molecular weight is 372 g/mol. The minimum atomic E-state index is -0.512. The van der Waals surface area contributed by atoms with Gasteiger partial charge in [0.2, 0.25) is 5.91 Å². The highest BCUT2D eigenvalue weighted by atomic mass is 19.1. The topological polar surface area (TPSA) is 75.7 Å². The van der Waals surface area contributed by atoms with Gasteiger partial charge in [0.05, 0.1) is 13.0 Å². The van der Waals surface area contributed by atoms with Gasteiger partial charge in [0.15, 0.2) is 6.61 Å². The van der Waals surface area contributed by atoms with Gasteiger partial charge in [-0.1, -0.05) is 24.3 Å². The molecular formula is C20H21FN2O4. The van der Waals surface area contributed by atoms with E-state index in [1.54, 1.807) is 0 Å². The smallest absolute Gasteiger partial charge is 0.310 e. The number of nitrogens with zero attached hydrogens (tertiary/aromatic N) is 1. The molecule has 2 rings (SSSR count). The Balaban J connectivity index is 1.76. The standard InChI is InChI=1S/C20H21FN2O4/c1-14-5-3-4-6-15(14)11-20(26)27-13-19(25)23(2)12-18(24)22-17-9-7-16(21)8-10-17/h3-10H,11-13H2,1-2H3,(H,22,24). The van der Waals surface area contributed by atoms with Crippen LogP contribution in [0.25, 0.3) is 0 Å². The van der Waals surface area contributed by atoms with Crippen molar-refractivity contribution < 1.29 is 23.5 Å². The molecule has 0 heterocycles. The van der Waals surface area contributed by atoms with E-state index >= 15 is 0 Å². The van der Waals surface area contributed by atoms with Gasteiger partial charge in [-0.3, -0.25) is 14.4 Å². The predicted molar refractivity (Wildman–Crippen MR) is 98.5 cm³/mol. The number of hydrogen-bond donors (Lipinski definition) is 1. The Bertz CT molecular complexity index is 821. The van der Waals surface area contributed by atoms with E-state index in [0.29, 0.717) is 5.69 Å². The third kappa shape index (κ3) is 6.54. The lowest BCUT2D eigenvalue weighted by atomic mass is 10.1. The van der Waals surface area contributed by atoms with Crippen molar-refractivity contribution >= 4 is 23.5 Å². The number of halogens is 1. The number of esters is 1. The molecule has 27 heavy (non-hydrogen) atoms. The first kappa shape index (κ1) is 20.1. The maximum atomic E-state index is 12.8. The molecule has 0 bridgehead atoms. The van der Waals surface area contributed by atoms with Crippen LogP contribution in [0, 0.1) is 12.7 Å². The Morgan fingerprint density at radius 1 is 1.07 bits per heavy atom. The van der Waals surface area contributed by atoms with Gasteiger partial charge in [-0.2, -0.15) is 0 Å². The molecule has 0 saturated heterocycles. The van der Waals surface area contributed by atoms with E-state index in [1.165, 1.54) is 31.3 Å². The maximum Gasteiger partial charge on any atom is 0.310 e. The largest absolute Gasteiger partial charge is 0.455 e. The number of anilines is 1. The minimum absolute atomic E-state index is 0.0781. The first-order valence-electron chi connectivity index (χ1n) is 8.34. The van der Waals surface area contributed by atoms with Gasteiger partial charge in [0, 0.05) is 12.7 Å². The van der Waals surface area contributed by atoms with Crippen molar-refractivity contribution in [1.29, 1.82) is 0 Å². The summed E-state index contributed by atoms with van der Waals surface area (Å²) in [6, 6.07) is 12.7. The molecule has 6 nitrogen and oxygen atoms in total. The molecule has 1 N–H and O–H groups in total. The SMILES string of the molecule is Cc1ccccc1CC(=O)OCC(=O)N(C)CC(=O)Nc1ccc(F)cc1. The molecule has 0 aliphatic carbocycles. The number of aryl methyl sites for hydroxylation is 1. The van der Waals surface area contributed by atoms with Crippen molar-refractivity contribution in [3.8, 4) is 0 Å². The second-order valence-corrected chi connectivity index (χ2v) is 6.07. The summed E-state index contributed by atoms with van der Waals surface area (Å²) in [4.78, 5) is 37.0. The highest BCUT2D eigenvalue weighted by molar-refractivity contribution is 5.94. The van der Waals surface area contributed by atoms with E-state index in [4.69, 9.17) is 4.74 Å². The first-order valence-corrected chi connectivity index (χ1v) is 8.34. The fourth-order valence-corrected chi connectivity index (χ4v) is 2.30. The quantitative estimate of drug-likeness (QED) is 0.757. The van der Waals surface area contributed by atoms with E-state index in [-0.39, 0.29) is 13.0 Å². The first-order chi connectivity index (χ1) is 12.8. The number of nitrogens with one attached hydrogen (secondary N) is 1. The highest BCUT2D eigenvalue weighted by Gasteiger charge is 2.16. The van der Waals surface area contributed by atoms with Gasteiger partial charge in [0.1, 0.15) is 5.82 Å². The summed E-state index contributed by atoms with van der Waals surface area (Å²) in [7, 11) is 1.43. The Hall–Kier alpha value is -3.22. The summed E-state index contributed by atoms with van der Waals surface area (Å²) in [6.45, 7) is 1.23. The molecule has 2 aromatic rings. The molecule has 0 atom stereocenters. The number of carbonyl (C=O) groups is 3. The Morgan fingerprint density at radius 3 is 2.41 bits per heavy atom. The zero-order valence-electron chi connectivity index (χ0n) is 15.2. The number of hydrogen-bond acceptors (Lipinski definition) is 4. The lowest BCUT2D eigenvalue weighted by Gasteiger charge is -2.17. The van der Waals surface area contributed by atoms with Crippen LogP contribution in [0.2, 0.25) is 0 Å². The molecule has 2 amide bonds. The Labute approximate surface area is 156 Å². The molecule has 2 aromatic carbocycles. The van der Waals surface area contributed by atoms with Crippen LogP contribution >= 0.6 is 0 Å². The minimum Gasteiger partial charge on any atom is -0.455 e. The second-order valence-electron chi connectivity index (χ2n) is 6.07. The van der Waals surface area contributed by atoms with Crippen molar-refractivity contribution in [2.75, 3.05) is 25.5 Å². The van der Waals surface area contributed by atoms with E-state index in [1.807, 2.05) is 31.2 Å². The fraction of sp³-hybridized carbons (Fsp3) is 0.250. The van der Waals surface area contributed by atoms with Crippen LogP contribution in [0.5, 0.6) is 0 Å². The number of likely N-dealkylation sites (N-methyl/N-ethyl adjacent to an activating group) is 1. The third-order valence-electron chi connectivity index (χ3n) is 3.89. The van der Waals surface area contributed by atoms with Crippen LogP contribution in [0.15, 0.2) is 48.5 Å². The molecule has 0 radical (unpaired) electrons. The van der Waals surface area contributed by atoms with E-state index in [0.717, 1.165) is 16.0 Å². The highest BCUT2D eigenvalue weighted by Crippen LogP contribution is 2.09. The zero-order chi connectivity index (χ0) is 19.8. The predicted octanol–water partition coefficient (Wildman–Crippen LogP) is 2.32. The van der Waals surface area contributed by atoms with Crippen LogP contribution in [0.4, 0.5) is 10.1 Å². The second kappa shape index (κ2) is 9.47. The van der Waals surface area contributed by atoms with Gasteiger partial charge in [-0.25, -0.2) is 4.39 Å². The monoisotopic (exact) mass is 372 g/mol. The molecule has 142 valence electrons. The van der Waals surface area contributed by atoms with Gasteiger partial charge in [0.25, 0.3) is 5.91 Å². The molecule has 0 fully saturated rings. The van der Waals surface area contributed by atoms with Gasteiger partial charge < -0.3 is 15.0 Å². The van der Waals surface area contributed by atoms with Crippen molar-refractivity contribution in [3.05, 3.63) is 65.5 Å². The summed E-state index contributed by atoms with van der Waals surface area (Å²) in [6.07, 6.45) is 0.0781. The van der Waals surface area contributed by atoms with Gasteiger partial charge in [-0.15, -0.1) is 0 Å². The van der Waals surface area contributed by atoms with Gasteiger partial charge in [-0.05, 0) is 42.3 Å². The maximum absolute atomic E-state index is 12.8. The van der Waals surface area contributed by atoms with Gasteiger partial charge >= 0.3 is 5.97 Å². The molecule has 0 aliphatic rings.